The number of aromatic nitrogens is 2. The van der Waals surface area contributed by atoms with E-state index in [1.54, 1.807) is 11.1 Å². The molecule has 0 saturated heterocycles. The first-order chi connectivity index (χ1) is 26.0. The summed E-state index contributed by atoms with van der Waals surface area (Å²) in [6.45, 7) is 13.8. The van der Waals surface area contributed by atoms with Crippen molar-refractivity contribution in [2.24, 2.45) is 0 Å². The second kappa shape index (κ2) is 24.1. The van der Waals surface area contributed by atoms with Crippen LogP contribution in [0.5, 0.6) is 0 Å². The average Bonchev–Trinajstić information content (AvgIpc) is 3.42. The Morgan fingerprint density at radius 3 is 1.40 bits per heavy atom. The molecule has 0 radical (unpaired) electrons. The molecule has 0 atom stereocenters. The third-order valence-corrected chi connectivity index (χ3v) is 12.5. The molecular weight excluding hydrogens is 641 g/mol. The van der Waals surface area contributed by atoms with Crippen molar-refractivity contribution in [1.29, 1.82) is 0 Å². The van der Waals surface area contributed by atoms with E-state index in [1.165, 1.54) is 206 Å². The summed E-state index contributed by atoms with van der Waals surface area (Å²) in [4.78, 5) is 11.0. The van der Waals surface area contributed by atoms with Crippen molar-refractivity contribution in [3.8, 4) is 22.4 Å². The highest BCUT2D eigenvalue weighted by Crippen LogP contribution is 2.55. The van der Waals surface area contributed by atoms with Crippen molar-refractivity contribution in [2.45, 2.75) is 227 Å². The third-order valence-electron chi connectivity index (χ3n) is 12.5. The van der Waals surface area contributed by atoms with Crippen LogP contribution in [0.1, 0.15) is 228 Å². The van der Waals surface area contributed by atoms with Crippen LogP contribution in [-0.2, 0) is 18.3 Å². The van der Waals surface area contributed by atoms with Gasteiger partial charge in [-0.1, -0.05) is 205 Å². The van der Waals surface area contributed by atoms with Crippen molar-refractivity contribution in [1.82, 2.24) is 9.97 Å². The maximum Gasteiger partial charge on any atom is 0.0920 e. The van der Waals surface area contributed by atoms with Crippen molar-refractivity contribution in [3.05, 3.63) is 70.2 Å². The summed E-state index contributed by atoms with van der Waals surface area (Å²) in [6.07, 6.45) is 36.5. The van der Waals surface area contributed by atoms with Gasteiger partial charge in [-0.05, 0) is 80.7 Å². The molecule has 0 unspecified atom stereocenters. The zero-order valence-corrected chi connectivity index (χ0v) is 35.7. The molecule has 0 aliphatic heterocycles. The zero-order valence-electron chi connectivity index (χ0n) is 35.7. The van der Waals surface area contributed by atoms with Gasteiger partial charge in [0.15, 0.2) is 0 Å². The summed E-state index contributed by atoms with van der Waals surface area (Å²) in [7, 11) is 0. The molecule has 1 aromatic heterocycles. The maximum atomic E-state index is 5.59. The SMILES string of the molecule is CCCCCCCCc1nc(-c2ccc3c(c2)C(CCCCCCCC)(CCCCCCCC)c2cc(C)ccc2-3)c(CCCCCCCC)nc1C. The minimum atomic E-state index is 0.0844. The van der Waals surface area contributed by atoms with Crippen LogP contribution in [0, 0.1) is 13.8 Å². The highest BCUT2D eigenvalue weighted by Gasteiger charge is 2.42. The smallest absolute Gasteiger partial charge is 0.0920 e. The Balaban J connectivity index is 1.72. The van der Waals surface area contributed by atoms with E-state index in [9.17, 15) is 0 Å². The molecule has 2 aromatic carbocycles. The molecule has 1 aliphatic carbocycles. The Kier molecular flexibility index (Phi) is 19.7. The Morgan fingerprint density at radius 1 is 0.434 bits per heavy atom. The molecule has 294 valence electrons. The van der Waals surface area contributed by atoms with Crippen LogP contribution in [0.4, 0.5) is 0 Å². The Bertz CT molecular complexity index is 1450. The average molecular weight is 721 g/mol. The molecular formula is C51H80N2. The number of rotatable bonds is 29. The predicted octanol–water partition coefficient (Wildman–Crippen LogP) is 16.3. The fraction of sp³-hybridized carbons (Fsp3) is 0.686. The highest BCUT2D eigenvalue weighted by molar-refractivity contribution is 5.84. The lowest BCUT2D eigenvalue weighted by molar-refractivity contribution is 0.398. The molecule has 0 saturated carbocycles. The number of unbranched alkanes of at least 4 members (excludes halogenated alkanes) is 20. The monoisotopic (exact) mass is 721 g/mol. The van der Waals surface area contributed by atoms with Gasteiger partial charge < -0.3 is 0 Å². The van der Waals surface area contributed by atoms with Crippen molar-refractivity contribution in [3.63, 3.8) is 0 Å². The summed E-state index contributed by atoms with van der Waals surface area (Å²) in [5.41, 5.74) is 13.7. The lowest BCUT2D eigenvalue weighted by Crippen LogP contribution is -2.26. The standard InChI is InChI=1S/C51H80N2/c1-7-11-15-19-23-27-31-48-42(6)52-49(32-28-24-20-16-12-8-2)50(53-48)43-34-36-45-44-35-33-41(5)39-46(44)51(47(45)40-43,37-29-25-21-17-13-9-3)38-30-26-22-18-14-10-4/h33-36,39-40H,7-32,37-38H2,1-6H3. The van der Waals surface area contributed by atoms with Gasteiger partial charge in [-0.2, -0.15) is 0 Å². The molecule has 2 heteroatoms. The fourth-order valence-electron chi connectivity index (χ4n) is 9.22. The summed E-state index contributed by atoms with van der Waals surface area (Å²) in [5, 5.41) is 0. The van der Waals surface area contributed by atoms with Gasteiger partial charge in [0.25, 0.3) is 0 Å². The summed E-state index contributed by atoms with van der Waals surface area (Å²) in [5.74, 6) is 0. The second-order valence-electron chi connectivity index (χ2n) is 17.0. The molecule has 0 N–H and O–H groups in total. The lowest BCUT2D eigenvalue weighted by Gasteiger charge is -2.33. The van der Waals surface area contributed by atoms with Gasteiger partial charge in [0.05, 0.1) is 22.8 Å². The minimum Gasteiger partial charge on any atom is -0.254 e. The van der Waals surface area contributed by atoms with Crippen LogP contribution in [0.15, 0.2) is 36.4 Å². The van der Waals surface area contributed by atoms with Gasteiger partial charge in [0.1, 0.15) is 0 Å². The summed E-state index contributed by atoms with van der Waals surface area (Å²) >= 11 is 0. The van der Waals surface area contributed by atoms with Crippen LogP contribution in [-0.4, -0.2) is 9.97 Å². The number of aryl methyl sites for hydroxylation is 4. The molecule has 0 bridgehead atoms. The zero-order chi connectivity index (χ0) is 37.7. The van der Waals surface area contributed by atoms with Crippen molar-refractivity contribution in [2.75, 3.05) is 0 Å². The fourth-order valence-corrected chi connectivity index (χ4v) is 9.22. The van der Waals surface area contributed by atoms with Gasteiger partial charge in [-0.25, -0.2) is 4.98 Å². The summed E-state index contributed by atoms with van der Waals surface area (Å²) < 4.78 is 0. The van der Waals surface area contributed by atoms with Gasteiger partial charge >= 0.3 is 0 Å². The number of hydrogen-bond acceptors (Lipinski definition) is 2. The quantitative estimate of drug-likeness (QED) is 0.0667. The van der Waals surface area contributed by atoms with Crippen LogP contribution in [0.2, 0.25) is 0 Å². The van der Waals surface area contributed by atoms with Gasteiger partial charge in [-0.3, -0.25) is 4.98 Å². The largest absolute Gasteiger partial charge is 0.254 e. The molecule has 1 aliphatic rings. The van der Waals surface area contributed by atoms with E-state index in [0.717, 1.165) is 18.5 Å². The van der Waals surface area contributed by atoms with E-state index in [2.05, 4.69) is 77.9 Å². The number of benzene rings is 2. The molecule has 2 nitrogen and oxygen atoms in total. The lowest BCUT2D eigenvalue weighted by atomic mass is 9.70. The predicted molar refractivity (Wildman–Crippen MR) is 233 cm³/mol. The van der Waals surface area contributed by atoms with E-state index in [1.807, 2.05) is 0 Å². The first kappa shape index (κ1) is 43.3. The molecule has 1 heterocycles. The van der Waals surface area contributed by atoms with E-state index >= 15 is 0 Å². The van der Waals surface area contributed by atoms with Crippen LogP contribution < -0.4 is 0 Å². The highest BCUT2D eigenvalue weighted by atomic mass is 14.8. The Morgan fingerprint density at radius 2 is 0.868 bits per heavy atom. The Labute approximate surface area is 328 Å². The Hall–Kier alpha value is -2.48. The first-order valence-electron chi connectivity index (χ1n) is 23.1. The summed E-state index contributed by atoms with van der Waals surface area (Å²) in [6, 6.07) is 14.9. The van der Waals surface area contributed by atoms with E-state index < -0.39 is 0 Å². The molecule has 53 heavy (non-hydrogen) atoms. The molecule has 0 amide bonds. The number of nitrogens with zero attached hydrogens (tertiary/aromatic N) is 2. The topological polar surface area (TPSA) is 25.8 Å². The number of fused-ring (bicyclic) bond motifs is 3. The van der Waals surface area contributed by atoms with Crippen molar-refractivity contribution < 1.29 is 0 Å². The van der Waals surface area contributed by atoms with Crippen LogP contribution >= 0.6 is 0 Å². The van der Waals surface area contributed by atoms with Crippen LogP contribution in [0.3, 0.4) is 0 Å². The van der Waals surface area contributed by atoms with Crippen LogP contribution in [0.25, 0.3) is 22.4 Å². The van der Waals surface area contributed by atoms with Crippen molar-refractivity contribution >= 4 is 0 Å². The minimum absolute atomic E-state index is 0.0844. The molecule has 4 rings (SSSR count). The van der Waals surface area contributed by atoms with E-state index in [0.29, 0.717) is 0 Å². The number of hydrogen-bond donors (Lipinski definition) is 0. The van der Waals surface area contributed by atoms with Gasteiger partial charge in [-0.15, -0.1) is 0 Å². The third kappa shape index (κ3) is 12.8. The van der Waals surface area contributed by atoms with Gasteiger partial charge in [0.2, 0.25) is 0 Å². The molecule has 0 spiro atoms. The molecule has 3 aromatic rings. The maximum absolute atomic E-state index is 5.59. The normalized spacial score (nSPS) is 13.1. The first-order valence-corrected chi connectivity index (χ1v) is 23.1. The second-order valence-corrected chi connectivity index (χ2v) is 17.0. The van der Waals surface area contributed by atoms with E-state index in [-0.39, 0.29) is 5.41 Å². The van der Waals surface area contributed by atoms with E-state index in [4.69, 9.17) is 9.97 Å². The van der Waals surface area contributed by atoms with Gasteiger partial charge in [0, 0.05) is 11.0 Å². The molecule has 0 fully saturated rings.